The van der Waals surface area contributed by atoms with Crippen molar-refractivity contribution in [3.63, 3.8) is 0 Å². The third-order valence-electron chi connectivity index (χ3n) is 4.18. The smallest absolute Gasteiger partial charge is 0.257 e. The van der Waals surface area contributed by atoms with Crippen LogP contribution in [-0.4, -0.2) is 60.2 Å². The molecular weight excluding hydrogens is 352 g/mol. The maximum Gasteiger partial charge on any atom is 0.257 e. The van der Waals surface area contributed by atoms with E-state index in [0.29, 0.717) is 44.1 Å². The van der Waals surface area contributed by atoms with E-state index in [4.69, 9.17) is 9.15 Å². The number of rotatable bonds is 6. The molecule has 1 aliphatic rings. The molecule has 0 aliphatic carbocycles. The van der Waals surface area contributed by atoms with Gasteiger partial charge < -0.3 is 19.0 Å². The lowest BCUT2D eigenvalue weighted by Gasteiger charge is -2.34. The molecule has 138 valence electrons. The van der Waals surface area contributed by atoms with E-state index in [0.717, 1.165) is 10.6 Å². The van der Waals surface area contributed by atoms with Crippen molar-refractivity contribution in [3.05, 3.63) is 48.4 Å². The Morgan fingerprint density at radius 1 is 1.08 bits per heavy atom. The lowest BCUT2D eigenvalue weighted by atomic mass is 10.2. The van der Waals surface area contributed by atoms with Gasteiger partial charge in [0.2, 0.25) is 5.91 Å². The predicted molar refractivity (Wildman–Crippen MR) is 99.5 cm³/mol. The molecule has 0 bridgehead atoms. The maximum atomic E-state index is 12.4. The largest absolute Gasteiger partial charge is 0.494 e. The first-order valence-corrected chi connectivity index (χ1v) is 9.61. The molecule has 0 atom stereocenters. The summed E-state index contributed by atoms with van der Waals surface area (Å²) in [4.78, 5) is 29.3. The molecule has 0 radical (unpaired) electrons. The molecule has 0 saturated carbocycles. The van der Waals surface area contributed by atoms with Gasteiger partial charge in [0.05, 0.1) is 24.2 Å². The Morgan fingerprint density at radius 3 is 2.38 bits per heavy atom. The van der Waals surface area contributed by atoms with Crippen LogP contribution in [0.4, 0.5) is 0 Å². The summed E-state index contributed by atoms with van der Waals surface area (Å²) in [6.07, 6.45) is 2.94. The zero-order chi connectivity index (χ0) is 18.4. The molecule has 1 fully saturated rings. The standard InChI is InChI=1S/C19H22N2O4S/c1-2-25-16-3-5-17(6-4-16)26-14-18(22)20-8-10-21(11-9-20)19(23)15-7-12-24-13-15/h3-7,12-13H,2,8-11,14H2,1H3. The van der Waals surface area contributed by atoms with E-state index in [-0.39, 0.29) is 11.8 Å². The van der Waals surface area contributed by atoms with Crippen LogP contribution in [0.15, 0.2) is 52.2 Å². The molecule has 2 aromatic rings. The first-order chi connectivity index (χ1) is 12.7. The van der Waals surface area contributed by atoms with Gasteiger partial charge in [-0.05, 0) is 37.3 Å². The Morgan fingerprint density at radius 2 is 1.77 bits per heavy atom. The Bertz CT molecular complexity index is 723. The van der Waals surface area contributed by atoms with E-state index in [1.54, 1.807) is 11.0 Å². The molecule has 26 heavy (non-hydrogen) atoms. The highest BCUT2D eigenvalue weighted by Crippen LogP contribution is 2.22. The summed E-state index contributed by atoms with van der Waals surface area (Å²) in [6, 6.07) is 9.41. The third-order valence-corrected chi connectivity index (χ3v) is 5.18. The minimum atomic E-state index is -0.0467. The van der Waals surface area contributed by atoms with Gasteiger partial charge in [0.25, 0.3) is 5.91 Å². The summed E-state index contributed by atoms with van der Waals surface area (Å²) in [5.41, 5.74) is 0.552. The van der Waals surface area contributed by atoms with Crippen LogP contribution in [0.25, 0.3) is 0 Å². The SMILES string of the molecule is CCOc1ccc(SCC(=O)N2CCN(C(=O)c3ccoc3)CC2)cc1. The summed E-state index contributed by atoms with van der Waals surface area (Å²) < 4.78 is 10.4. The van der Waals surface area contributed by atoms with Crippen LogP contribution in [0.1, 0.15) is 17.3 Å². The van der Waals surface area contributed by atoms with Crippen LogP contribution in [0.2, 0.25) is 0 Å². The number of nitrogens with zero attached hydrogens (tertiary/aromatic N) is 2. The van der Waals surface area contributed by atoms with E-state index >= 15 is 0 Å². The molecule has 7 heteroatoms. The molecule has 1 aromatic carbocycles. The van der Waals surface area contributed by atoms with Crippen LogP contribution in [0.5, 0.6) is 5.75 Å². The molecule has 2 heterocycles. The summed E-state index contributed by atoms with van der Waals surface area (Å²) in [7, 11) is 0. The second-order valence-electron chi connectivity index (χ2n) is 5.88. The molecule has 6 nitrogen and oxygen atoms in total. The number of amides is 2. The fourth-order valence-corrected chi connectivity index (χ4v) is 3.56. The third kappa shape index (κ3) is 4.60. The van der Waals surface area contributed by atoms with Crippen molar-refractivity contribution in [2.45, 2.75) is 11.8 Å². The Labute approximate surface area is 157 Å². The highest BCUT2D eigenvalue weighted by Gasteiger charge is 2.25. The number of carbonyl (C=O) groups is 2. The number of hydrogen-bond acceptors (Lipinski definition) is 5. The van der Waals surface area contributed by atoms with Gasteiger partial charge in [0, 0.05) is 31.1 Å². The monoisotopic (exact) mass is 374 g/mol. The average Bonchev–Trinajstić information content (AvgIpc) is 3.22. The van der Waals surface area contributed by atoms with Gasteiger partial charge in [-0.1, -0.05) is 0 Å². The van der Waals surface area contributed by atoms with Crippen molar-refractivity contribution in [2.75, 3.05) is 38.5 Å². The lowest BCUT2D eigenvalue weighted by Crippen LogP contribution is -2.51. The second-order valence-corrected chi connectivity index (χ2v) is 6.93. The molecule has 0 unspecified atom stereocenters. The zero-order valence-corrected chi connectivity index (χ0v) is 15.5. The van der Waals surface area contributed by atoms with E-state index in [1.165, 1.54) is 24.3 Å². The normalized spacial score (nSPS) is 14.3. The number of piperazine rings is 1. The molecular formula is C19H22N2O4S. The molecule has 0 N–H and O–H groups in total. The van der Waals surface area contributed by atoms with Gasteiger partial charge in [0.15, 0.2) is 0 Å². The number of benzene rings is 1. The van der Waals surface area contributed by atoms with Gasteiger partial charge >= 0.3 is 0 Å². The highest BCUT2D eigenvalue weighted by atomic mass is 32.2. The van der Waals surface area contributed by atoms with Crippen molar-refractivity contribution in [2.24, 2.45) is 0 Å². The van der Waals surface area contributed by atoms with Crippen molar-refractivity contribution >= 4 is 23.6 Å². The van der Waals surface area contributed by atoms with Crippen LogP contribution in [0.3, 0.4) is 0 Å². The summed E-state index contributed by atoms with van der Waals surface area (Å²) in [5.74, 6) is 1.28. The van der Waals surface area contributed by atoms with Gasteiger partial charge in [-0.2, -0.15) is 0 Å². The molecule has 0 spiro atoms. The van der Waals surface area contributed by atoms with Crippen molar-refractivity contribution in [3.8, 4) is 5.75 Å². The Balaban J connectivity index is 1.44. The number of hydrogen-bond donors (Lipinski definition) is 0. The summed E-state index contributed by atoms with van der Waals surface area (Å²) >= 11 is 1.51. The molecule has 3 rings (SSSR count). The van der Waals surface area contributed by atoms with E-state index in [9.17, 15) is 9.59 Å². The molecule has 1 aliphatic heterocycles. The van der Waals surface area contributed by atoms with Crippen LogP contribution < -0.4 is 4.74 Å². The quantitative estimate of drug-likeness (QED) is 0.728. The van der Waals surface area contributed by atoms with Crippen molar-refractivity contribution < 1.29 is 18.7 Å². The van der Waals surface area contributed by atoms with Crippen LogP contribution in [-0.2, 0) is 4.79 Å². The molecule has 1 saturated heterocycles. The second kappa shape index (κ2) is 8.80. The summed E-state index contributed by atoms with van der Waals surface area (Å²) in [5, 5.41) is 0. The number of furan rings is 1. The van der Waals surface area contributed by atoms with Crippen molar-refractivity contribution in [1.29, 1.82) is 0 Å². The zero-order valence-electron chi connectivity index (χ0n) is 14.7. The Hall–Kier alpha value is -2.41. The van der Waals surface area contributed by atoms with E-state index in [1.807, 2.05) is 36.1 Å². The topological polar surface area (TPSA) is 63.0 Å². The van der Waals surface area contributed by atoms with Gasteiger partial charge in [-0.25, -0.2) is 0 Å². The number of thioether (sulfide) groups is 1. The molecule has 1 aromatic heterocycles. The van der Waals surface area contributed by atoms with Crippen LogP contribution in [0, 0.1) is 0 Å². The van der Waals surface area contributed by atoms with Gasteiger partial charge in [0.1, 0.15) is 12.0 Å². The van der Waals surface area contributed by atoms with E-state index in [2.05, 4.69) is 0 Å². The minimum absolute atomic E-state index is 0.0467. The Kier molecular flexibility index (Phi) is 6.22. The summed E-state index contributed by atoms with van der Waals surface area (Å²) in [6.45, 7) is 4.80. The first-order valence-electron chi connectivity index (χ1n) is 8.62. The fraction of sp³-hybridized carbons (Fsp3) is 0.368. The average molecular weight is 374 g/mol. The fourth-order valence-electron chi connectivity index (χ4n) is 2.76. The highest BCUT2D eigenvalue weighted by molar-refractivity contribution is 8.00. The number of carbonyl (C=O) groups excluding carboxylic acids is 2. The van der Waals surface area contributed by atoms with Gasteiger partial charge in [-0.3, -0.25) is 9.59 Å². The number of ether oxygens (including phenoxy) is 1. The van der Waals surface area contributed by atoms with Gasteiger partial charge in [-0.15, -0.1) is 11.8 Å². The van der Waals surface area contributed by atoms with E-state index < -0.39 is 0 Å². The van der Waals surface area contributed by atoms with Crippen molar-refractivity contribution in [1.82, 2.24) is 9.80 Å². The maximum absolute atomic E-state index is 12.4. The minimum Gasteiger partial charge on any atom is -0.494 e. The lowest BCUT2D eigenvalue weighted by molar-refractivity contribution is -0.129. The first kappa shape index (κ1) is 18.4. The predicted octanol–water partition coefficient (Wildman–Crippen LogP) is 2.76. The molecule has 2 amide bonds. The van der Waals surface area contributed by atoms with Crippen LogP contribution >= 0.6 is 11.8 Å².